The Balaban J connectivity index is 0.000000557. The zero-order valence-corrected chi connectivity index (χ0v) is 11.3. The summed E-state index contributed by atoms with van der Waals surface area (Å²) in [5.41, 5.74) is -0.0867. The van der Waals surface area contributed by atoms with Gasteiger partial charge in [0.25, 0.3) is 0 Å². The minimum absolute atomic E-state index is 0.0347. The number of halogens is 1. The molecule has 0 aromatic carbocycles. The van der Waals surface area contributed by atoms with Gasteiger partial charge in [0.05, 0.1) is 0 Å². The van der Waals surface area contributed by atoms with Crippen molar-refractivity contribution in [1.29, 1.82) is 0 Å². The summed E-state index contributed by atoms with van der Waals surface area (Å²) in [6, 6.07) is 0. The summed E-state index contributed by atoms with van der Waals surface area (Å²) >= 11 is 4.64. The lowest BCUT2D eigenvalue weighted by atomic mass is 9.79. The lowest BCUT2D eigenvalue weighted by Crippen LogP contribution is -2.23. The van der Waals surface area contributed by atoms with Crippen LogP contribution in [-0.2, 0) is 19.1 Å². The number of carbonyl (C=O) groups is 3. The molecule has 0 saturated heterocycles. The Morgan fingerprint density at radius 3 is 2.12 bits per heavy atom. The van der Waals surface area contributed by atoms with Gasteiger partial charge < -0.3 is 4.74 Å². The molecule has 1 aliphatic carbocycles. The highest BCUT2D eigenvalue weighted by molar-refractivity contribution is 6.62. The van der Waals surface area contributed by atoms with Gasteiger partial charge in [0.15, 0.2) is 5.78 Å². The average Bonchev–Trinajstić information content (AvgIpc) is 1.95. The van der Waals surface area contributed by atoms with E-state index in [1.54, 1.807) is 0 Å². The molecule has 17 heavy (non-hydrogen) atoms. The molecule has 0 aliphatic heterocycles. The van der Waals surface area contributed by atoms with Gasteiger partial charge in [-0.3, -0.25) is 14.4 Å². The van der Waals surface area contributed by atoms with E-state index in [4.69, 9.17) is 4.74 Å². The van der Waals surface area contributed by atoms with E-state index in [1.165, 1.54) is 19.9 Å². The van der Waals surface area contributed by atoms with E-state index in [1.807, 2.05) is 13.8 Å². The van der Waals surface area contributed by atoms with E-state index < -0.39 is 0 Å². The minimum Gasteiger partial charge on any atom is -0.431 e. The summed E-state index contributed by atoms with van der Waals surface area (Å²) in [6.45, 7) is 6.61. The molecule has 0 radical (unpaired) electrons. The van der Waals surface area contributed by atoms with E-state index in [9.17, 15) is 14.4 Å². The molecule has 0 aromatic heterocycles. The van der Waals surface area contributed by atoms with Crippen molar-refractivity contribution in [3.8, 4) is 0 Å². The first kappa shape index (κ1) is 15.8. The molecule has 0 unspecified atom stereocenters. The standard InChI is InChI=1S/C10H14O3.C2H3ClO/c1-7(11)13-9-4-8(12)5-10(2,3)6-9;1-2(3)4/h4H,5-6H2,1-3H3;1H3. The summed E-state index contributed by atoms with van der Waals surface area (Å²) < 4.78 is 4.90. The van der Waals surface area contributed by atoms with Crippen LogP contribution in [0, 0.1) is 5.41 Å². The zero-order valence-electron chi connectivity index (χ0n) is 10.5. The van der Waals surface area contributed by atoms with Gasteiger partial charge in [-0.1, -0.05) is 13.8 Å². The number of ether oxygens (including phenoxy) is 1. The van der Waals surface area contributed by atoms with Gasteiger partial charge in [-0.2, -0.15) is 0 Å². The van der Waals surface area contributed by atoms with Crippen molar-refractivity contribution in [1.82, 2.24) is 0 Å². The van der Waals surface area contributed by atoms with Crippen LogP contribution in [0.2, 0.25) is 0 Å². The predicted octanol–water partition coefficient (Wildman–Crippen LogP) is 2.59. The number of allylic oxidation sites excluding steroid dienone is 2. The molecule has 0 spiro atoms. The van der Waals surface area contributed by atoms with Crippen LogP contribution < -0.4 is 0 Å². The molecule has 4 nitrogen and oxygen atoms in total. The molecule has 5 heteroatoms. The quantitative estimate of drug-likeness (QED) is 0.537. The molecule has 0 amide bonds. The summed E-state index contributed by atoms with van der Waals surface area (Å²) in [4.78, 5) is 31.1. The number of rotatable bonds is 1. The number of hydrogen-bond donors (Lipinski definition) is 0. The maximum Gasteiger partial charge on any atom is 0.307 e. The van der Waals surface area contributed by atoms with Gasteiger partial charge in [-0.25, -0.2) is 0 Å². The predicted molar refractivity (Wildman–Crippen MR) is 64.4 cm³/mol. The second-order valence-electron chi connectivity index (χ2n) is 4.66. The molecule has 0 fully saturated rings. The lowest BCUT2D eigenvalue weighted by Gasteiger charge is -2.27. The molecule has 0 bridgehead atoms. The van der Waals surface area contributed by atoms with E-state index in [-0.39, 0.29) is 22.4 Å². The van der Waals surface area contributed by atoms with Gasteiger partial charge >= 0.3 is 5.97 Å². The Morgan fingerprint density at radius 1 is 1.29 bits per heavy atom. The molecule has 1 aliphatic rings. The van der Waals surface area contributed by atoms with Crippen molar-refractivity contribution in [2.45, 2.75) is 40.5 Å². The number of esters is 1. The molecule has 0 heterocycles. The first-order chi connectivity index (χ1) is 7.62. The van der Waals surface area contributed by atoms with Crippen LogP contribution in [0.15, 0.2) is 11.8 Å². The van der Waals surface area contributed by atoms with Crippen molar-refractivity contribution < 1.29 is 19.1 Å². The number of carbonyl (C=O) groups excluding carboxylic acids is 3. The van der Waals surface area contributed by atoms with E-state index in [0.717, 1.165) is 0 Å². The van der Waals surface area contributed by atoms with Crippen LogP contribution >= 0.6 is 11.6 Å². The SMILES string of the molecule is CC(=O)Cl.CC(=O)OC1=CC(=O)CC(C)(C)C1. The van der Waals surface area contributed by atoms with Crippen LogP contribution in [0.5, 0.6) is 0 Å². The Hall–Kier alpha value is -1.16. The Kier molecular flexibility index (Phi) is 6.10. The Morgan fingerprint density at radius 2 is 1.76 bits per heavy atom. The van der Waals surface area contributed by atoms with Gasteiger partial charge in [0, 0.05) is 32.8 Å². The molecule has 96 valence electrons. The first-order valence-electron chi connectivity index (χ1n) is 5.20. The molecule has 0 aromatic rings. The second kappa shape index (κ2) is 6.55. The summed E-state index contributed by atoms with van der Waals surface area (Å²) in [7, 11) is 0. The highest BCUT2D eigenvalue weighted by Crippen LogP contribution is 2.33. The normalized spacial score (nSPS) is 17.5. The minimum atomic E-state index is -0.364. The van der Waals surface area contributed by atoms with E-state index >= 15 is 0 Å². The molecule has 0 saturated carbocycles. The lowest BCUT2D eigenvalue weighted by molar-refractivity contribution is -0.137. The van der Waals surface area contributed by atoms with Crippen LogP contribution in [0.1, 0.15) is 40.5 Å². The highest BCUT2D eigenvalue weighted by Gasteiger charge is 2.28. The largest absolute Gasteiger partial charge is 0.431 e. The van der Waals surface area contributed by atoms with Gasteiger partial charge in [0.1, 0.15) is 5.76 Å². The topological polar surface area (TPSA) is 60.4 Å². The highest BCUT2D eigenvalue weighted by atomic mass is 35.5. The van der Waals surface area contributed by atoms with Gasteiger partial charge in [-0.15, -0.1) is 0 Å². The monoisotopic (exact) mass is 260 g/mol. The van der Waals surface area contributed by atoms with E-state index in [2.05, 4.69) is 11.6 Å². The molecule has 1 rings (SSSR count). The van der Waals surface area contributed by atoms with Crippen LogP contribution in [0.3, 0.4) is 0 Å². The smallest absolute Gasteiger partial charge is 0.307 e. The molecule has 0 atom stereocenters. The maximum absolute atomic E-state index is 11.2. The third kappa shape index (κ3) is 8.63. The van der Waals surface area contributed by atoms with Crippen LogP contribution in [-0.4, -0.2) is 17.0 Å². The number of hydrogen-bond acceptors (Lipinski definition) is 4. The third-order valence-corrected chi connectivity index (χ3v) is 1.90. The van der Waals surface area contributed by atoms with Crippen molar-refractivity contribution in [2.75, 3.05) is 0 Å². The average molecular weight is 261 g/mol. The van der Waals surface area contributed by atoms with Crippen LogP contribution in [0.25, 0.3) is 0 Å². The first-order valence-corrected chi connectivity index (χ1v) is 5.58. The summed E-state index contributed by atoms with van der Waals surface area (Å²) in [6.07, 6.45) is 2.60. The van der Waals surface area contributed by atoms with Crippen molar-refractivity contribution in [2.24, 2.45) is 5.41 Å². The van der Waals surface area contributed by atoms with Crippen molar-refractivity contribution in [3.05, 3.63) is 11.8 Å². The maximum atomic E-state index is 11.2. The molecule has 0 N–H and O–H groups in total. The van der Waals surface area contributed by atoms with Crippen LogP contribution in [0.4, 0.5) is 0 Å². The summed E-state index contributed by atoms with van der Waals surface area (Å²) in [5.74, 6) is 0.165. The fourth-order valence-electron chi connectivity index (χ4n) is 1.54. The van der Waals surface area contributed by atoms with Crippen molar-refractivity contribution in [3.63, 3.8) is 0 Å². The van der Waals surface area contributed by atoms with E-state index in [0.29, 0.717) is 18.6 Å². The number of ketones is 1. The fraction of sp³-hybridized carbons (Fsp3) is 0.583. The third-order valence-electron chi connectivity index (χ3n) is 1.90. The molecular formula is C12H17ClO4. The summed E-state index contributed by atoms with van der Waals surface area (Å²) in [5, 5.41) is -0.361. The fourth-order valence-corrected chi connectivity index (χ4v) is 1.54. The zero-order chi connectivity index (χ0) is 13.6. The van der Waals surface area contributed by atoms with Crippen molar-refractivity contribution >= 4 is 28.6 Å². The Bertz CT molecular complexity index is 352. The van der Waals surface area contributed by atoms with Gasteiger partial charge in [-0.05, 0) is 17.0 Å². The second-order valence-corrected chi connectivity index (χ2v) is 5.19. The molecular weight excluding hydrogens is 244 g/mol. The van der Waals surface area contributed by atoms with Gasteiger partial charge in [0.2, 0.25) is 5.24 Å². The Labute approximate surface area is 106 Å².